The standard InChI is InChI=1S/C12H13ClN2OS/c1-7-15-9(6-17-7)5-12(16)10-3-2-8(14)4-11(10)13/h2-4,6,12,16H,5,14H2,1H3. The fraction of sp³-hybridized carbons (Fsp3) is 0.250. The number of nitrogens with two attached hydrogens (primary N) is 1. The summed E-state index contributed by atoms with van der Waals surface area (Å²) >= 11 is 7.61. The van der Waals surface area contributed by atoms with Crippen LogP contribution >= 0.6 is 22.9 Å². The molecule has 1 unspecified atom stereocenters. The Bertz CT molecular complexity index is 527. The van der Waals surface area contributed by atoms with Crippen LogP contribution in [0.1, 0.15) is 22.4 Å². The highest BCUT2D eigenvalue weighted by molar-refractivity contribution is 7.09. The van der Waals surface area contributed by atoms with Crippen molar-refractivity contribution < 1.29 is 5.11 Å². The van der Waals surface area contributed by atoms with Gasteiger partial charge in [-0.2, -0.15) is 0 Å². The topological polar surface area (TPSA) is 59.1 Å². The maximum atomic E-state index is 10.1. The van der Waals surface area contributed by atoms with Gasteiger partial charge in [-0.1, -0.05) is 17.7 Å². The van der Waals surface area contributed by atoms with Gasteiger partial charge >= 0.3 is 0 Å². The molecule has 0 amide bonds. The molecule has 0 saturated carbocycles. The molecule has 1 heterocycles. The third kappa shape index (κ3) is 2.97. The Kier molecular flexibility index (Phi) is 3.66. The van der Waals surface area contributed by atoms with Crippen LogP contribution in [0.3, 0.4) is 0 Å². The molecule has 1 aromatic heterocycles. The Morgan fingerprint density at radius 2 is 2.29 bits per heavy atom. The summed E-state index contributed by atoms with van der Waals surface area (Å²) in [6.07, 6.45) is -0.182. The summed E-state index contributed by atoms with van der Waals surface area (Å²) < 4.78 is 0. The number of anilines is 1. The lowest BCUT2D eigenvalue weighted by atomic mass is 10.0. The molecule has 0 saturated heterocycles. The summed E-state index contributed by atoms with van der Waals surface area (Å²) in [6, 6.07) is 5.13. The van der Waals surface area contributed by atoms with E-state index < -0.39 is 6.10 Å². The normalized spacial score (nSPS) is 12.6. The molecule has 17 heavy (non-hydrogen) atoms. The van der Waals surface area contributed by atoms with Gasteiger partial charge in [-0.15, -0.1) is 11.3 Å². The number of aliphatic hydroxyl groups is 1. The van der Waals surface area contributed by atoms with Crippen molar-refractivity contribution in [1.82, 2.24) is 4.98 Å². The molecule has 5 heteroatoms. The molecule has 0 spiro atoms. The second-order valence-corrected chi connectivity index (χ2v) is 5.33. The van der Waals surface area contributed by atoms with E-state index in [9.17, 15) is 5.11 Å². The van der Waals surface area contributed by atoms with Crippen molar-refractivity contribution in [3.63, 3.8) is 0 Å². The van der Waals surface area contributed by atoms with Gasteiger partial charge in [0.2, 0.25) is 0 Å². The van der Waals surface area contributed by atoms with E-state index in [0.29, 0.717) is 22.7 Å². The fourth-order valence-corrected chi connectivity index (χ4v) is 2.56. The van der Waals surface area contributed by atoms with Crippen molar-refractivity contribution in [2.45, 2.75) is 19.4 Å². The molecule has 1 atom stereocenters. The third-order valence-electron chi connectivity index (χ3n) is 2.45. The molecule has 0 aliphatic rings. The lowest BCUT2D eigenvalue weighted by Crippen LogP contribution is -2.03. The van der Waals surface area contributed by atoms with Crippen LogP contribution in [-0.4, -0.2) is 10.1 Å². The number of halogens is 1. The van der Waals surface area contributed by atoms with Crippen molar-refractivity contribution in [3.05, 3.63) is 44.9 Å². The zero-order chi connectivity index (χ0) is 12.4. The van der Waals surface area contributed by atoms with Gasteiger partial charge in [0, 0.05) is 22.5 Å². The molecule has 0 bridgehead atoms. The van der Waals surface area contributed by atoms with Crippen molar-refractivity contribution in [1.29, 1.82) is 0 Å². The van der Waals surface area contributed by atoms with Gasteiger partial charge in [0.1, 0.15) is 0 Å². The molecule has 1 aromatic carbocycles. The Morgan fingerprint density at radius 3 is 2.88 bits per heavy atom. The van der Waals surface area contributed by atoms with Crippen LogP contribution in [0.4, 0.5) is 5.69 Å². The van der Waals surface area contributed by atoms with Crippen LogP contribution in [0.15, 0.2) is 23.6 Å². The first kappa shape index (κ1) is 12.4. The summed E-state index contributed by atoms with van der Waals surface area (Å²) in [5.74, 6) is 0. The van der Waals surface area contributed by atoms with E-state index in [4.69, 9.17) is 17.3 Å². The molecular formula is C12H13ClN2OS. The van der Waals surface area contributed by atoms with Gasteiger partial charge in [-0.05, 0) is 24.6 Å². The molecule has 2 aromatic rings. The molecule has 90 valence electrons. The average molecular weight is 269 g/mol. The van der Waals surface area contributed by atoms with Crippen molar-refractivity contribution >= 4 is 28.6 Å². The number of aryl methyl sites for hydroxylation is 1. The second-order valence-electron chi connectivity index (χ2n) is 3.86. The quantitative estimate of drug-likeness (QED) is 0.842. The Balaban J connectivity index is 2.17. The van der Waals surface area contributed by atoms with E-state index in [1.807, 2.05) is 12.3 Å². The molecule has 3 nitrogen and oxygen atoms in total. The van der Waals surface area contributed by atoms with Gasteiger partial charge in [0.05, 0.1) is 16.8 Å². The van der Waals surface area contributed by atoms with E-state index in [2.05, 4.69) is 4.98 Å². The Labute approximate surface area is 109 Å². The van der Waals surface area contributed by atoms with Gasteiger partial charge in [-0.25, -0.2) is 4.98 Å². The minimum atomic E-state index is -0.649. The Hall–Kier alpha value is -1.10. The van der Waals surface area contributed by atoms with Crippen molar-refractivity contribution in [2.75, 3.05) is 5.73 Å². The predicted octanol–water partition coefficient (Wildman–Crippen LogP) is 2.96. The van der Waals surface area contributed by atoms with Crippen LogP contribution in [0.2, 0.25) is 5.02 Å². The van der Waals surface area contributed by atoms with Crippen LogP contribution < -0.4 is 5.73 Å². The van der Waals surface area contributed by atoms with E-state index in [0.717, 1.165) is 10.7 Å². The highest BCUT2D eigenvalue weighted by atomic mass is 35.5. The lowest BCUT2D eigenvalue weighted by Gasteiger charge is -2.11. The molecule has 0 aliphatic carbocycles. The second kappa shape index (κ2) is 5.04. The van der Waals surface area contributed by atoms with E-state index in [1.54, 1.807) is 29.5 Å². The predicted molar refractivity (Wildman–Crippen MR) is 71.4 cm³/mol. The van der Waals surface area contributed by atoms with E-state index in [1.165, 1.54) is 0 Å². The summed E-state index contributed by atoms with van der Waals surface area (Å²) in [4.78, 5) is 4.31. The van der Waals surface area contributed by atoms with Gasteiger partial charge in [-0.3, -0.25) is 0 Å². The summed E-state index contributed by atoms with van der Waals surface area (Å²) in [5, 5.41) is 13.5. The zero-order valence-electron chi connectivity index (χ0n) is 9.35. The smallest absolute Gasteiger partial charge is 0.0897 e. The SMILES string of the molecule is Cc1nc(CC(O)c2ccc(N)cc2Cl)cs1. The van der Waals surface area contributed by atoms with Crippen LogP contribution in [0.5, 0.6) is 0 Å². The molecule has 0 radical (unpaired) electrons. The largest absolute Gasteiger partial charge is 0.399 e. The Morgan fingerprint density at radius 1 is 1.53 bits per heavy atom. The summed E-state index contributed by atoms with van der Waals surface area (Å²) in [6.45, 7) is 1.94. The maximum Gasteiger partial charge on any atom is 0.0897 e. The molecule has 0 fully saturated rings. The molecule has 2 rings (SSSR count). The lowest BCUT2D eigenvalue weighted by molar-refractivity contribution is 0.177. The summed E-state index contributed by atoms with van der Waals surface area (Å²) in [7, 11) is 0. The number of rotatable bonds is 3. The van der Waals surface area contributed by atoms with Crippen molar-refractivity contribution in [3.8, 4) is 0 Å². The maximum absolute atomic E-state index is 10.1. The van der Waals surface area contributed by atoms with Gasteiger partial charge < -0.3 is 10.8 Å². The number of nitrogens with zero attached hydrogens (tertiary/aromatic N) is 1. The highest BCUT2D eigenvalue weighted by Crippen LogP contribution is 2.27. The number of benzene rings is 1. The third-order valence-corrected chi connectivity index (χ3v) is 3.60. The van der Waals surface area contributed by atoms with E-state index in [-0.39, 0.29) is 0 Å². The van der Waals surface area contributed by atoms with Crippen LogP contribution in [-0.2, 0) is 6.42 Å². The monoisotopic (exact) mass is 268 g/mol. The number of thiazole rings is 1. The minimum absolute atomic E-state index is 0.466. The first-order chi connectivity index (χ1) is 8.06. The van der Waals surface area contributed by atoms with Crippen LogP contribution in [0, 0.1) is 6.92 Å². The van der Waals surface area contributed by atoms with Crippen molar-refractivity contribution in [2.24, 2.45) is 0 Å². The molecule has 0 aliphatic heterocycles. The number of hydrogen-bond acceptors (Lipinski definition) is 4. The van der Waals surface area contributed by atoms with Crippen LogP contribution in [0.25, 0.3) is 0 Å². The number of aliphatic hydroxyl groups excluding tert-OH is 1. The zero-order valence-corrected chi connectivity index (χ0v) is 10.9. The first-order valence-electron chi connectivity index (χ1n) is 5.20. The number of hydrogen-bond donors (Lipinski definition) is 2. The first-order valence-corrected chi connectivity index (χ1v) is 6.46. The number of aromatic nitrogens is 1. The molecule has 3 N–H and O–H groups in total. The fourth-order valence-electron chi connectivity index (χ4n) is 1.62. The summed E-state index contributed by atoms with van der Waals surface area (Å²) in [5.41, 5.74) is 7.77. The highest BCUT2D eigenvalue weighted by Gasteiger charge is 2.13. The molecular weight excluding hydrogens is 256 g/mol. The van der Waals surface area contributed by atoms with E-state index >= 15 is 0 Å². The minimum Gasteiger partial charge on any atom is -0.399 e. The van der Waals surface area contributed by atoms with Gasteiger partial charge in [0.25, 0.3) is 0 Å². The van der Waals surface area contributed by atoms with Gasteiger partial charge in [0.15, 0.2) is 0 Å². The number of nitrogen functional groups attached to an aromatic ring is 1. The average Bonchev–Trinajstić information content (AvgIpc) is 2.63.